The number of hydrogen-bond donors (Lipinski definition) is 3. The summed E-state index contributed by atoms with van der Waals surface area (Å²) in [5.41, 5.74) is 7.38. The molecule has 5 heteroatoms. The van der Waals surface area contributed by atoms with Gasteiger partial charge in [-0.25, -0.2) is 4.79 Å². The van der Waals surface area contributed by atoms with Gasteiger partial charge in [0.1, 0.15) is 5.75 Å². The molecule has 1 fully saturated rings. The SMILES string of the molecule is CCCCC[C@H](O)/C=C/[C@@H]1[C@H]2Cc3cccc(OC(N)=O)c3C[C@H]2C[C@H]1O. The van der Waals surface area contributed by atoms with E-state index in [1.807, 2.05) is 18.2 Å². The summed E-state index contributed by atoms with van der Waals surface area (Å²) >= 11 is 0. The van der Waals surface area contributed by atoms with Crippen LogP contribution in [-0.4, -0.2) is 28.5 Å². The highest BCUT2D eigenvalue weighted by atomic mass is 16.5. The van der Waals surface area contributed by atoms with Crippen molar-refractivity contribution in [2.75, 3.05) is 0 Å². The number of unbranched alkanes of at least 4 members (excludes halogenated alkanes) is 2. The van der Waals surface area contributed by atoms with Crippen molar-refractivity contribution in [3.05, 3.63) is 41.5 Å². The van der Waals surface area contributed by atoms with E-state index in [9.17, 15) is 15.0 Å². The van der Waals surface area contributed by atoms with Gasteiger partial charge in [0.15, 0.2) is 0 Å². The van der Waals surface area contributed by atoms with Crippen LogP contribution in [-0.2, 0) is 12.8 Å². The number of benzene rings is 1. The first-order chi connectivity index (χ1) is 13.0. The minimum absolute atomic E-state index is 0.0599. The molecule has 4 N–H and O–H groups in total. The largest absolute Gasteiger partial charge is 0.410 e. The van der Waals surface area contributed by atoms with Gasteiger partial charge in [-0.3, -0.25) is 0 Å². The summed E-state index contributed by atoms with van der Waals surface area (Å²) in [4.78, 5) is 11.2. The molecule has 0 radical (unpaired) electrons. The smallest absolute Gasteiger partial charge is 0.409 e. The van der Waals surface area contributed by atoms with Crippen molar-refractivity contribution in [2.24, 2.45) is 23.5 Å². The Bertz CT molecular complexity index is 687. The van der Waals surface area contributed by atoms with Crippen LogP contribution in [0.5, 0.6) is 5.75 Å². The maximum atomic E-state index is 11.2. The van der Waals surface area contributed by atoms with Crippen LogP contribution in [0.3, 0.4) is 0 Å². The van der Waals surface area contributed by atoms with Gasteiger partial charge in [0.2, 0.25) is 0 Å². The highest BCUT2D eigenvalue weighted by molar-refractivity contribution is 5.69. The molecule has 0 bridgehead atoms. The Balaban J connectivity index is 1.71. The average Bonchev–Trinajstić information content (AvgIpc) is 2.92. The Labute approximate surface area is 161 Å². The van der Waals surface area contributed by atoms with Crippen LogP contribution >= 0.6 is 0 Å². The fraction of sp³-hybridized carbons (Fsp3) is 0.591. The molecule has 1 aromatic rings. The fourth-order valence-electron chi connectivity index (χ4n) is 4.76. The van der Waals surface area contributed by atoms with Crippen molar-refractivity contribution >= 4 is 6.09 Å². The van der Waals surface area contributed by atoms with E-state index >= 15 is 0 Å². The van der Waals surface area contributed by atoms with E-state index < -0.39 is 18.3 Å². The standard InChI is InChI=1S/C22H31NO4/c1-2-3-4-7-16(24)9-10-17-18-11-14-6-5-8-21(27-22(23)26)19(14)12-15(18)13-20(17)25/h5-6,8-10,15-18,20,24-25H,2-4,7,11-13H2,1H3,(H2,23,26)/b10-9+/t15-,16-,17+,18-,20+/m0/s1. The number of primary amides is 1. The van der Waals surface area contributed by atoms with E-state index in [0.717, 1.165) is 56.1 Å². The second kappa shape index (κ2) is 8.89. The first kappa shape index (κ1) is 19.9. The molecular weight excluding hydrogens is 342 g/mol. The first-order valence-corrected chi connectivity index (χ1v) is 10.1. The van der Waals surface area contributed by atoms with Gasteiger partial charge < -0.3 is 20.7 Å². The Kier molecular flexibility index (Phi) is 6.55. The molecule has 2 aliphatic carbocycles. The summed E-state index contributed by atoms with van der Waals surface area (Å²) in [6, 6.07) is 5.72. The third-order valence-corrected chi connectivity index (χ3v) is 6.11. The van der Waals surface area contributed by atoms with Crippen molar-refractivity contribution < 1.29 is 19.7 Å². The summed E-state index contributed by atoms with van der Waals surface area (Å²) in [7, 11) is 0. The number of rotatable bonds is 7. The number of carbonyl (C=O) groups is 1. The van der Waals surface area contributed by atoms with Crippen LogP contribution in [0.4, 0.5) is 4.79 Å². The maximum absolute atomic E-state index is 11.2. The third-order valence-electron chi connectivity index (χ3n) is 6.11. The van der Waals surface area contributed by atoms with E-state index in [0.29, 0.717) is 17.6 Å². The first-order valence-electron chi connectivity index (χ1n) is 10.1. The Morgan fingerprint density at radius 2 is 2.19 bits per heavy atom. The van der Waals surface area contributed by atoms with Crippen LogP contribution in [0.15, 0.2) is 30.4 Å². The van der Waals surface area contributed by atoms with Crippen molar-refractivity contribution in [3.8, 4) is 5.75 Å². The van der Waals surface area contributed by atoms with E-state index in [1.54, 1.807) is 6.07 Å². The lowest BCUT2D eigenvalue weighted by atomic mass is 9.74. The minimum atomic E-state index is -0.796. The number of ether oxygens (including phenoxy) is 1. The molecule has 3 rings (SSSR count). The molecule has 0 saturated heterocycles. The third kappa shape index (κ3) is 4.71. The number of aliphatic hydroxyl groups excluding tert-OH is 2. The Hall–Kier alpha value is -1.85. The average molecular weight is 373 g/mol. The second-order valence-corrected chi connectivity index (χ2v) is 7.98. The molecule has 5 atom stereocenters. The summed E-state index contributed by atoms with van der Waals surface area (Å²) < 4.78 is 5.17. The molecule has 0 unspecified atom stereocenters. The maximum Gasteiger partial charge on any atom is 0.409 e. The van der Waals surface area contributed by atoms with Gasteiger partial charge in [-0.2, -0.15) is 0 Å². The molecule has 1 aromatic carbocycles. The molecule has 27 heavy (non-hydrogen) atoms. The number of hydrogen-bond acceptors (Lipinski definition) is 4. The van der Waals surface area contributed by atoms with E-state index in [2.05, 4.69) is 13.0 Å². The lowest BCUT2D eigenvalue weighted by Crippen LogP contribution is -2.27. The lowest BCUT2D eigenvalue weighted by Gasteiger charge is -2.31. The predicted molar refractivity (Wildman–Crippen MR) is 104 cm³/mol. The molecule has 0 heterocycles. The van der Waals surface area contributed by atoms with Gasteiger partial charge in [-0.05, 0) is 54.7 Å². The zero-order valence-corrected chi connectivity index (χ0v) is 16.0. The van der Waals surface area contributed by atoms with E-state index in [4.69, 9.17) is 10.5 Å². The molecule has 0 aromatic heterocycles. The number of amides is 1. The van der Waals surface area contributed by atoms with Crippen molar-refractivity contribution in [1.29, 1.82) is 0 Å². The van der Waals surface area contributed by atoms with Crippen LogP contribution < -0.4 is 10.5 Å². The minimum Gasteiger partial charge on any atom is -0.410 e. The predicted octanol–water partition coefficient (Wildman–Crippen LogP) is 3.35. The zero-order chi connectivity index (χ0) is 19.4. The van der Waals surface area contributed by atoms with Gasteiger partial charge in [-0.1, -0.05) is 50.5 Å². The Morgan fingerprint density at radius 3 is 2.93 bits per heavy atom. The summed E-state index contributed by atoms with van der Waals surface area (Å²) in [5, 5.41) is 20.8. The fourth-order valence-corrected chi connectivity index (χ4v) is 4.76. The van der Waals surface area contributed by atoms with Gasteiger partial charge >= 0.3 is 6.09 Å². The zero-order valence-electron chi connectivity index (χ0n) is 16.0. The van der Waals surface area contributed by atoms with Crippen LogP contribution in [0.2, 0.25) is 0 Å². The highest BCUT2D eigenvalue weighted by Gasteiger charge is 2.44. The number of aliphatic hydroxyl groups is 2. The van der Waals surface area contributed by atoms with Gasteiger partial charge in [0.25, 0.3) is 0 Å². The highest BCUT2D eigenvalue weighted by Crippen LogP contribution is 2.47. The van der Waals surface area contributed by atoms with Crippen LogP contribution in [0, 0.1) is 17.8 Å². The van der Waals surface area contributed by atoms with Crippen molar-refractivity contribution in [3.63, 3.8) is 0 Å². The number of carbonyl (C=O) groups excluding carboxylic acids is 1. The van der Waals surface area contributed by atoms with Gasteiger partial charge in [0, 0.05) is 5.92 Å². The molecule has 2 aliphatic rings. The van der Waals surface area contributed by atoms with Gasteiger partial charge in [0.05, 0.1) is 12.2 Å². The summed E-state index contributed by atoms with van der Waals surface area (Å²) in [5.74, 6) is 1.29. The Morgan fingerprint density at radius 1 is 1.37 bits per heavy atom. The van der Waals surface area contributed by atoms with Crippen LogP contribution in [0.1, 0.15) is 50.2 Å². The monoisotopic (exact) mass is 373 g/mol. The molecule has 148 valence electrons. The normalized spacial score (nSPS) is 28.0. The topological polar surface area (TPSA) is 92.8 Å². The van der Waals surface area contributed by atoms with Crippen molar-refractivity contribution in [1.82, 2.24) is 0 Å². The summed E-state index contributed by atoms with van der Waals surface area (Å²) in [6.07, 6.45) is 8.70. The second-order valence-electron chi connectivity index (χ2n) is 7.98. The molecule has 5 nitrogen and oxygen atoms in total. The molecule has 0 aliphatic heterocycles. The molecular formula is C22H31NO4. The number of nitrogens with two attached hydrogens (primary N) is 1. The summed E-state index contributed by atoms with van der Waals surface area (Å²) in [6.45, 7) is 2.15. The van der Waals surface area contributed by atoms with Crippen LogP contribution in [0.25, 0.3) is 0 Å². The van der Waals surface area contributed by atoms with Gasteiger partial charge in [-0.15, -0.1) is 0 Å². The quantitative estimate of drug-likeness (QED) is 0.505. The van der Waals surface area contributed by atoms with E-state index in [-0.39, 0.29) is 5.92 Å². The lowest BCUT2D eigenvalue weighted by molar-refractivity contribution is 0.140. The molecule has 1 saturated carbocycles. The van der Waals surface area contributed by atoms with E-state index in [1.165, 1.54) is 0 Å². The van der Waals surface area contributed by atoms with Crippen molar-refractivity contribution in [2.45, 2.75) is 64.1 Å². The number of fused-ring (bicyclic) bond motifs is 2. The molecule has 1 amide bonds. The molecule has 0 spiro atoms.